The Bertz CT molecular complexity index is 1410. The van der Waals surface area contributed by atoms with E-state index >= 15 is 0 Å². The Morgan fingerprint density at radius 1 is 0.296 bits per heavy atom. The number of carbonyl (C=O) groups excluding carboxylic acids is 3. The molecule has 71 heavy (non-hydrogen) atoms. The molecule has 6 nitrogen and oxygen atoms in total. The molecule has 0 heterocycles. The van der Waals surface area contributed by atoms with Gasteiger partial charge in [-0.1, -0.05) is 253 Å². The molecular formula is C65H110O6. The minimum atomic E-state index is -0.790. The van der Waals surface area contributed by atoms with Crippen molar-refractivity contribution in [2.24, 2.45) is 0 Å². The van der Waals surface area contributed by atoms with Gasteiger partial charge in [0.1, 0.15) is 13.2 Å². The molecule has 6 heteroatoms. The average Bonchev–Trinajstić information content (AvgIpc) is 3.37. The summed E-state index contributed by atoms with van der Waals surface area (Å²) >= 11 is 0. The van der Waals surface area contributed by atoms with Gasteiger partial charge in [-0.05, 0) is 103 Å². The Morgan fingerprint density at radius 2 is 0.549 bits per heavy atom. The quantitative estimate of drug-likeness (QED) is 0.0261. The maximum absolute atomic E-state index is 12.9. The molecule has 0 aliphatic rings. The van der Waals surface area contributed by atoms with Gasteiger partial charge in [0.2, 0.25) is 0 Å². The van der Waals surface area contributed by atoms with Crippen LogP contribution in [0.25, 0.3) is 0 Å². The summed E-state index contributed by atoms with van der Waals surface area (Å²) in [6, 6.07) is 0. The van der Waals surface area contributed by atoms with Gasteiger partial charge in [0.25, 0.3) is 0 Å². The Labute approximate surface area is 438 Å². The molecular weight excluding hydrogens is 877 g/mol. The first-order chi connectivity index (χ1) is 35.0. The van der Waals surface area contributed by atoms with Gasteiger partial charge in [-0.2, -0.15) is 0 Å². The van der Waals surface area contributed by atoms with Crippen LogP contribution < -0.4 is 0 Å². The highest BCUT2D eigenvalue weighted by molar-refractivity contribution is 5.71. The number of hydrogen-bond acceptors (Lipinski definition) is 6. The number of rotatable bonds is 53. The molecule has 0 spiro atoms. The van der Waals surface area contributed by atoms with Gasteiger partial charge in [0, 0.05) is 19.3 Å². The second kappa shape index (κ2) is 58.9. The Hall–Kier alpha value is -3.67. The lowest BCUT2D eigenvalue weighted by atomic mass is 10.1. The lowest BCUT2D eigenvalue weighted by Crippen LogP contribution is -2.30. The fraction of sp³-hybridized carbons (Fsp3) is 0.708. The normalized spacial score (nSPS) is 12.8. The molecule has 0 aromatic rings. The van der Waals surface area contributed by atoms with Crippen molar-refractivity contribution in [3.05, 3.63) is 97.2 Å². The highest BCUT2D eigenvalue weighted by Gasteiger charge is 2.19. The molecule has 0 aliphatic heterocycles. The summed E-state index contributed by atoms with van der Waals surface area (Å²) in [6.45, 7) is 6.48. The molecule has 0 aromatic heterocycles. The predicted molar refractivity (Wildman–Crippen MR) is 307 cm³/mol. The van der Waals surface area contributed by atoms with Crippen LogP contribution >= 0.6 is 0 Å². The largest absolute Gasteiger partial charge is 0.462 e. The predicted octanol–water partition coefficient (Wildman–Crippen LogP) is 20.1. The minimum Gasteiger partial charge on any atom is -0.462 e. The van der Waals surface area contributed by atoms with Gasteiger partial charge in [-0.3, -0.25) is 14.4 Å². The van der Waals surface area contributed by atoms with Gasteiger partial charge < -0.3 is 14.2 Å². The van der Waals surface area contributed by atoms with Crippen LogP contribution in [0.4, 0.5) is 0 Å². The van der Waals surface area contributed by atoms with E-state index in [1.54, 1.807) is 0 Å². The van der Waals surface area contributed by atoms with Crippen LogP contribution in [0.5, 0.6) is 0 Å². The Kier molecular flexibility index (Phi) is 55.9. The molecule has 0 saturated heterocycles. The fourth-order valence-electron chi connectivity index (χ4n) is 8.12. The summed E-state index contributed by atoms with van der Waals surface area (Å²) in [4.78, 5) is 38.2. The molecule has 0 aliphatic carbocycles. The maximum atomic E-state index is 12.9. The molecule has 0 aromatic carbocycles. The van der Waals surface area contributed by atoms with Crippen molar-refractivity contribution in [2.75, 3.05) is 13.2 Å². The van der Waals surface area contributed by atoms with E-state index in [1.807, 2.05) is 0 Å². The van der Waals surface area contributed by atoms with E-state index < -0.39 is 6.10 Å². The smallest absolute Gasteiger partial charge is 0.306 e. The number of esters is 3. The van der Waals surface area contributed by atoms with E-state index in [0.29, 0.717) is 19.3 Å². The summed E-state index contributed by atoms with van der Waals surface area (Å²) < 4.78 is 16.9. The van der Waals surface area contributed by atoms with Gasteiger partial charge >= 0.3 is 17.9 Å². The minimum absolute atomic E-state index is 0.0860. The third-order valence-corrected chi connectivity index (χ3v) is 12.6. The molecule has 406 valence electrons. The number of ether oxygens (including phenoxy) is 3. The number of unbranched alkanes of at least 4 members (excludes halogenated alkanes) is 26. The first-order valence-electron chi connectivity index (χ1n) is 29.7. The SMILES string of the molecule is CC/C=C\C/C=C\C/C=C\C/C=C\C/C=C\C/C=C\CCCCCCC(=O)OCC(COC(=O)CCCCCCCCCCCCC)OC(=O)CCCCCCCCCCC/C=C\C/C=C\CCCCC. The van der Waals surface area contributed by atoms with Crippen LogP contribution in [0.15, 0.2) is 97.2 Å². The van der Waals surface area contributed by atoms with Gasteiger partial charge in [0.15, 0.2) is 6.10 Å². The van der Waals surface area contributed by atoms with Crippen LogP contribution in [0.1, 0.15) is 278 Å². The zero-order chi connectivity index (χ0) is 51.4. The summed E-state index contributed by atoms with van der Waals surface area (Å²) in [5.74, 6) is -0.911. The van der Waals surface area contributed by atoms with E-state index in [0.717, 1.165) is 116 Å². The summed E-state index contributed by atoms with van der Waals surface area (Å²) in [6.07, 6.45) is 78.2. The lowest BCUT2D eigenvalue weighted by Gasteiger charge is -2.18. The van der Waals surface area contributed by atoms with Crippen molar-refractivity contribution in [3.8, 4) is 0 Å². The van der Waals surface area contributed by atoms with Crippen LogP contribution in [-0.4, -0.2) is 37.2 Å². The third-order valence-electron chi connectivity index (χ3n) is 12.6. The van der Waals surface area contributed by atoms with Crippen molar-refractivity contribution in [1.29, 1.82) is 0 Å². The molecule has 0 saturated carbocycles. The molecule has 0 radical (unpaired) electrons. The van der Waals surface area contributed by atoms with Crippen molar-refractivity contribution in [1.82, 2.24) is 0 Å². The molecule has 0 fully saturated rings. The van der Waals surface area contributed by atoms with Crippen LogP contribution in [0, 0.1) is 0 Å². The van der Waals surface area contributed by atoms with Crippen molar-refractivity contribution >= 4 is 17.9 Å². The Balaban J connectivity index is 4.38. The van der Waals surface area contributed by atoms with Crippen molar-refractivity contribution in [3.63, 3.8) is 0 Å². The first kappa shape index (κ1) is 67.3. The maximum Gasteiger partial charge on any atom is 0.306 e. The summed E-state index contributed by atoms with van der Waals surface area (Å²) in [5.41, 5.74) is 0. The van der Waals surface area contributed by atoms with E-state index in [4.69, 9.17) is 14.2 Å². The molecule has 0 rings (SSSR count). The van der Waals surface area contributed by atoms with E-state index in [1.165, 1.54) is 122 Å². The summed E-state index contributed by atoms with van der Waals surface area (Å²) in [7, 11) is 0. The second-order valence-electron chi connectivity index (χ2n) is 19.5. The molecule has 1 atom stereocenters. The summed E-state index contributed by atoms with van der Waals surface area (Å²) in [5, 5.41) is 0. The Morgan fingerprint density at radius 3 is 0.887 bits per heavy atom. The highest BCUT2D eigenvalue weighted by Crippen LogP contribution is 2.15. The number of allylic oxidation sites excluding steroid dienone is 16. The molecule has 0 N–H and O–H groups in total. The highest BCUT2D eigenvalue weighted by atomic mass is 16.6. The van der Waals surface area contributed by atoms with Gasteiger partial charge in [-0.15, -0.1) is 0 Å². The standard InChI is InChI=1S/C65H110O6/c1-4-7-10-13-16-19-22-24-26-28-30-31-32-33-35-36-38-40-43-46-49-52-55-58-64(67)70-61-62(60-69-63(66)57-54-51-48-45-42-21-18-15-12-9-6-3)71-65(68)59-56-53-50-47-44-41-39-37-34-29-27-25-23-20-17-14-11-8-5-2/h7,10,16-17,19-20,24-27,30-31,33,35,38,40,62H,4-6,8-9,11-15,18,21-23,28-29,32,34,36-37,39,41-61H2,1-3H3/b10-7-,19-16-,20-17-,26-24-,27-25-,31-30-,35-33-,40-38-. The average molecular weight is 988 g/mol. The van der Waals surface area contributed by atoms with Crippen molar-refractivity contribution in [2.45, 2.75) is 284 Å². The molecule has 0 bridgehead atoms. The van der Waals surface area contributed by atoms with Crippen LogP contribution in [-0.2, 0) is 28.6 Å². The second-order valence-corrected chi connectivity index (χ2v) is 19.5. The third kappa shape index (κ3) is 57.1. The van der Waals surface area contributed by atoms with Crippen LogP contribution in [0.2, 0.25) is 0 Å². The van der Waals surface area contributed by atoms with E-state index in [2.05, 4.69) is 118 Å². The topological polar surface area (TPSA) is 78.9 Å². The zero-order valence-corrected chi connectivity index (χ0v) is 46.5. The fourth-order valence-corrected chi connectivity index (χ4v) is 8.12. The zero-order valence-electron chi connectivity index (χ0n) is 46.5. The number of hydrogen-bond donors (Lipinski definition) is 0. The van der Waals surface area contributed by atoms with Crippen molar-refractivity contribution < 1.29 is 28.6 Å². The van der Waals surface area contributed by atoms with Gasteiger partial charge in [-0.25, -0.2) is 0 Å². The van der Waals surface area contributed by atoms with Gasteiger partial charge in [0.05, 0.1) is 0 Å². The van der Waals surface area contributed by atoms with Crippen LogP contribution in [0.3, 0.4) is 0 Å². The monoisotopic (exact) mass is 987 g/mol. The molecule has 0 amide bonds. The first-order valence-corrected chi connectivity index (χ1v) is 29.7. The molecule has 1 unspecified atom stereocenters. The number of carbonyl (C=O) groups is 3. The van der Waals surface area contributed by atoms with E-state index in [9.17, 15) is 14.4 Å². The lowest BCUT2D eigenvalue weighted by molar-refractivity contribution is -0.167. The van der Waals surface area contributed by atoms with E-state index in [-0.39, 0.29) is 31.1 Å².